The second kappa shape index (κ2) is 2.68. The van der Waals surface area contributed by atoms with Crippen molar-refractivity contribution in [2.45, 2.75) is 11.8 Å². The Morgan fingerprint density at radius 3 is 1.86 bits per heavy atom. The van der Waals surface area contributed by atoms with Crippen LogP contribution in [0.3, 0.4) is 0 Å². The molecule has 0 saturated carbocycles. The van der Waals surface area contributed by atoms with Gasteiger partial charge in [-0.1, -0.05) is 48.6 Å². The van der Waals surface area contributed by atoms with Gasteiger partial charge in [0.1, 0.15) is 0 Å². The molecule has 0 aliphatic heterocycles. The largest absolute Gasteiger partial charge is 0.298 e. The van der Waals surface area contributed by atoms with E-state index in [1.165, 1.54) is 11.1 Å². The SMILES string of the molecule is O=C1C2C=CC=CC1c1ccccc12. The van der Waals surface area contributed by atoms with Gasteiger partial charge in [0, 0.05) is 0 Å². The van der Waals surface area contributed by atoms with Crippen molar-refractivity contribution in [3.8, 4) is 0 Å². The predicted octanol–water partition coefficient (Wildman–Crippen LogP) is 2.56. The van der Waals surface area contributed by atoms with Crippen molar-refractivity contribution in [1.82, 2.24) is 0 Å². The fourth-order valence-electron chi connectivity index (χ4n) is 2.32. The number of benzene rings is 1. The molecule has 1 aromatic rings. The summed E-state index contributed by atoms with van der Waals surface area (Å²) in [5.41, 5.74) is 2.37. The maximum absolute atomic E-state index is 12.0. The molecule has 0 spiro atoms. The lowest BCUT2D eigenvalue weighted by Gasteiger charge is -2.03. The minimum absolute atomic E-state index is 0.00815. The molecule has 2 atom stereocenters. The van der Waals surface area contributed by atoms with Crippen LogP contribution in [0.15, 0.2) is 48.6 Å². The van der Waals surface area contributed by atoms with Gasteiger partial charge in [-0.3, -0.25) is 4.79 Å². The average molecular weight is 182 g/mol. The van der Waals surface area contributed by atoms with Crippen molar-refractivity contribution >= 4 is 5.78 Å². The first kappa shape index (κ1) is 7.74. The maximum Gasteiger partial charge on any atom is 0.155 e. The number of hydrogen-bond acceptors (Lipinski definition) is 1. The standard InChI is InChI=1S/C13H10O/c14-13-11-7-3-4-8-12(13)10-6-2-1-5-9(10)11/h1-8,11-12H. The lowest BCUT2D eigenvalue weighted by molar-refractivity contribution is -0.119. The Bertz CT molecular complexity index is 413. The number of hydrogen-bond donors (Lipinski definition) is 0. The second-order valence-electron chi connectivity index (χ2n) is 3.76. The van der Waals surface area contributed by atoms with Crippen LogP contribution in [0.1, 0.15) is 23.0 Å². The summed E-state index contributed by atoms with van der Waals surface area (Å²) in [7, 11) is 0. The van der Waals surface area contributed by atoms with Gasteiger partial charge in [-0.25, -0.2) is 0 Å². The molecule has 1 nitrogen and oxygen atoms in total. The molecule has 0 saturated heterocycles. The number of carbonyl (C=O) groups is 1. The number of Topliss-reactive ketones (excluding diaryl/α,β-unsaturated/α-hetero) is 1. The summed E-state index contributed by atoms with van der Waals surface area (Å²) in [6.45, 7) is 0. The van der Waals surface area contributed by atoms with Gasteiger partial charge in [-0.15, -0.1) is 0 Å². The topological polar surface area (TPSA) is 17.1 Å². The fraction of sp³-hybridized carbons (Fsp3) is 0.154. The van der Waals surface area contributed by atoms with E-state index in [2.05, 4.69) is 12.1 Å². The molecule has 0 N–H and O–H groups in total. The summed E-state index contributed by atoms with van der Waals surface area (Å²) >= 11 is 0. The molecule has 0 amide bonds. The highest BCUT2D eigenvalue weighted by atomic mass is 16.1. The van der Waals surface area contributed by atoms with Crippen molar-refractivity contribution in [1.29, 1.82) is 0 Å². The molecule has 3 rings (SSSR count). The molecule has 0 aromatic heterocycles. The third kappa shape index (κ3) is 0.869. The van der Waals surface area contributed by atoms with Gasteiger partial charge in [0.2, 0.25) is 0 Å². The van der Waals surface area contributed by atoms with E-state index in [4.69, 9.17) is 0 Å². The van der Waals surface area contributed by atoms with Gasteiger partial charge in [0.25, 0.3) is 0 Å². The van der Waals surface area contributed by atoms with E-state index in [-0.39, 0.29) is 11.8 Å². The van der Waals surface area contributed by atoms with E-state index in [0.29, 0.717) is 5.78 Å². The quantitative estimate of drug-likeness (QED) is 0.602. The van der Waals surface area contributed by atoms with Crippen LogP contribution in [0.4, 0.5) is 0 Å². The normalized spacial score (nSPS) is 27.6. The molecule has 14 heavy (non-hydrogen) atoms. The Kier molecular flexibility index (Phi) is 1.48. The number of rotatable bonds is 0. The van der Waals surface area contributed by atoms with E-state index in [0.717, 1.165) is 0 Å². The predicted molar refractivity (Wildman–Crippen MR) is 55.2 cm³/mol. The molecule has 0 fully saturated rings. The van der Waals surface area contributed by atoms with Crippen LogP contribution in [0, 0.1) is 0 Å². The van der Waals surface area contributed by atoms with Crippen molar-refractivity contribution in [2.75, 3.05) is 0 Å². The third-order valence-electron chi connectivity index (χ3n) is 3.00. The van der Waals surface area contributed by atoms with Gasteiger partial charge in [-0.2, -0.15) is 0 Å². The van der Waals surface area contributed by atoms with Crippen molar-refractivity contribution in [3.63, 3.8) is 0 Å². The maximum atomic E-state index is 12.0. The summed E-state index contributed by atoms with van der Waals surface area (Å²) in [5, 5.41) is 0. The Balaban J connectivity index is 2.29. The molecular weight excluding hydrogens is 172 g/mol. The van der Waals surface area contributed by atoms with Crippen LogP contribution in [0.25, 0.3) is 0 Å². The van der Waals surface area contributed by atoms with Crippen molar-refractivity contribution in [2.24, 2.45) is 0 Å². The summed E-state index contributed by atoms with van der Waals surface area (Å²) in [6.07, 6.45) is 7.92. The molecule has 1 heteroatoms. The highest BCUT2D eigenvalue weighted by molar-refractivity contribution is 6.00. The monoisotopic (exact) mass is 182 g/mol. The van der Waals surface area contributed by atoms with E-state index < -0.39 is 0 Å². The van der Waals surface area contributed by atoms with Crippen molar-refractivity contribution < 1.29 is 4.79 Å². The van der Waals surface area contributed by atoms with E-state index in [1.807, 2.05) is 36.4 Å². The van der Waals surface area contributed by atoms with Gasteiger partial charge >= 0.3 is 0 Å². The summed E-state index contributed by atoms with van der Waals surface area (Å²) in [4.78, 5) is 12.0. The van der Waals surface area contributed by atoms with E-state index in [9.17, 15) is 4.79 Å². The van der Waals surface area contributed by atoms with Crippen LogP contribution >= 0.6 is 0 Å². The molecule has 68 valence electrons. The summed E-state index contributed by atoms with van der Waals surface area (Å²) in [5.74, 6) is 0.300. The molecule has 2 aliphatic rings. The molecule has 2 bridgehead atoms. The van der Waals surface area contributed by atoms with Crippen LogP contribution < -0.4 is 0 Å². The Morgan fingerprint density at radius 1 is 0.857 bits per heavy atom. The fourth-order valence-corrected chi connectivity index (χ4v) is 2.32. The van der Waals surface area contributed by atoms with E-state index in [1.54, 1.807) is 0 Å². The highest BCUT2D eigenvalue weighted by Crippen LogP contribution is 2.41. The summed E-state index contributed by atoms with van der Waals surface area (Å²) in [6, 6.07) is 8.12. The lowest BCUT2D eigenvalue weighted by Crippen LogP contribution is -2.06. The van der Waals surface area contributed by atoms with Gasteiger partial charge in [0.15, 0.2) is 5.78 Å². The zero-order valence-corrected chi connectivity index (χ0v) is 7.68. The van der Waals surface area contributed by atoms with Crippen LogP contribution in [-0.4, -0.2) is 5.78 Å². The number of allylic oxidation sites excluding steroid dienone is 4. The molecular formula is C13H10O. The number of fused-ring (bicyclic) bond motifs is 5. The Hall–Kier alpha value is -1.63. The number of ketones is 1. The zero-order chi connectivity index (χ0) is 9.54. The first-order valence-electron chi connectivity index (χ1n) is 4.85. The number of carbonyl (C=O) groups excluding carboxylic acids is 1. The summed E-state index contributed by atoms with van der Waals surface area (Å²) < 4.78 is 0. The van der Waals surface area contributed by atoms with Crippen molar-refractivity contribution in [3.05, 3.63) is 59.7 Å². The van der Waals surface area contributed by atoms with Crippen LogP contribution in [0.5, 0.6) is 0 Å². The first-order valence-corrected chi connectivity index (χ1v) is 4.85. The third-order valence-corrected chi connectivity index (χ3v) is 3.00. The van der Waals surface area contributed by atoms with Gasteiger partial charge < -0.3 is 0 Å². The van der Waals surface area contributed by atoms with Crippen LogP contribution in [-0.2, 0) is 4.79 Å². The Morgan fingerprint density at radius 2 is 1.36 bits per heavy atom. The minimum Gasteiger partial charge on any atom is -0.298 e. The van der Waals surface area contributed by atoms with Gasteiger partial charge in [-0.05, 0) is 11.1 Å². The molecule has 0 radical (unpaired) electrons. The second-order valence-corrected chi connectivity index (χ2v) is 3.76. The zero-order valence-electron chi connectivity index (χ0n) is 7.68. The van der Waals surface area contributed by atoms with Gasteiger partial charge in [0.05, 0.1) is 11.8 Å². The molecule has 1 aromatic carbocycles. The smallest absolute Gasteiger partial charge is 0.155 e. The molecule has 2 aliphatic carbocycles. The van der Waals surface area contributed by atoms with E-state index >= 15 is 0 Å². The Labute approximate surface area is 82.8 Å². The minimum atomic E-state index is -0.00815. The molecule has 0 heterocycles. The lowest BCUT2D eigenvalue weighted by atomic mass is 10.00. The first-order chi connectivity index (χ1) is 6.88. The van der Waals surface area contributed by atoms with Crippen LogP contribution in [0.2, 0.25) is 0 Å². The molecule has 2 unspecified atom stereocenters. The average Bonchev–Trinajstić information content (AvgIpc) is 2.33. The highest BCUT2D eigenvalue weighted by Gasteiger charge is 2.36.